The number of hydrogen-bond donors (Lipinski definition) is 2. The Hall–Kier alpha value is -4.96. The molecule has 3 aromatic rings. The molecular weight excluding hydrogens is 726 g/mol. The lowest BCUT2D eigenvalue weighted by Crippen LogP contribution is -2.61. The fourth-order valence-corrected chi connectivity index (χ4v) is 8.41. The van der Waals surface area contributed by atoms with Crippen LogP contribution in [-0.4, -0.2) is 101 Å². The number of likely N-dealkylation sites (N-methyl/N-ethyl adjacent to an activating group) is 1. The van der Waals surface area contributed by atoms with E-state index in [2.05, 4.69) is 22.8 Å². The van der Waals surface area contributed by atoms with Crippen molar-refractivity contribution in [1.29, 1.82) is 0 Å². The van der Waals surface area contributed by atoms with Crippen molar-refractivity contribution in [3.63, 3.8) is 0 Å². The van der Waals surface area contributed by atoms with E-state index in [1.54, 1.807) is 11.9 Å². The molecule has 0 spiro atoms. The molecule has 0 bridgehead atoms. The average molecular weight is 780 g/mol. The van der Waals surface area contributed by atoms with Gasteiger partial charge < -0.3 is 25.3 Å². The predicted molar refractivity (Wildman–Crippen MR) is 219 cm³/mol. The van der Waals surface area contributed by atoms with Crippen molar-refractivity contribution in [1.82, 2.24) is 25.3 Å². The Balaban J connectivity index is 1.25. The maximum absolute atomic E-state index is 14.5. The van der Waals surface area contributed by atoms with E-state index in [9.17, 15) is 24.0 Å². The molecular formula is C45H54ClN5O5. The third kappa shape index (κ3) is 10.3. The maximum atomic E-state index is 14.5. The van der Waals surface area contributed by atoms with Gasteiger partial charge in [0.2, 0.25) is 29.5 Å². The lowest BCUT2D eigenvalue weighted by atomic mass is 9.95. The third-order valence-corrected chi connectivity index (χ3v) is 11.7. The zero-order valence-corrected chi connectivity index (χ0v) is 33.1. The first kappa shape index (κ1) is 40.7. The molecule has 10 nitrogen and oxygen atoms in total. The standard InChI is InChI=1S/C45H54ClN5O5/c1-49(41(52)31-46)40(29-33-17-7-3-8-18-33)45(56)51-28-14-11-21-39(51)43(54)48-38(30-35-24-23-34-19-9-10-20-36(34)35)42(53)47-37(25-22-32-15-5-2-6-16-32)44(55)50-26-12-4-13-27-50/h2-3,5-10,15-20,24,37-40H,4,11-14,21-23,25-31H2,1H3,(H,47,53)(H,48,54)/t37-,38-,39-,40-/m0/s1. The Bertz CT molecular complexity index is 1860. The molecule has 3 aromatic carbocycles. The number of likely N-dealkylation sites (tertiary alicyclic amines) is 2. The number of carbonyl (C=O) groups is 5. The number of allylic oxidation sites excluding steroid dienone is 1. The van der Waals surface area contributed by atoms with Crippen LogP contribution in [0.3, 0.4) is 0 Å². The van der Waals surface area contributed by atoms with Crippen LogP contribution < -0.4 is 10.6 Å². The van der Waals surface area contributed by atoms with Crippen LogP contribution in [0, 0.1) is 0 Å². The third-order valence-electron chi connectivity index (χ3n) is 11.5. The second-order valence-electron chi connectivity index (χ2n) is 15.2. The van der Waals surface area contributed by atoms with Crippen LogP contribution in [0.2, 0.25) is 0 Å². The van der Waals surface area contributed by atoms with E-state index in [1.807, 2.05) is 83.8 Å². The highest BCUT2D eigenvalue weighted by atomic mass is 35.5. The minimum atomic E-state index is -1.01. The topological polar surface area (TPSA) is 119 Å². The van der Waals surface area contributed by atoms with Crippen molar-refractivity contribution < 1.29 is 24.0 Å². The zero-order valence-electron chi connectivity index (χ0n) is 32.3. The molecule has 0 saturated carbocycles. The number of carbonyl (C=O) groups excluding carboxylic acids is 5. The van der Waals surface area contributed by atoms with Crippen LogP contribution in [0.1, 0.15) is 73.6 Å². The van der Waals surface area contributed by atoms with Gasteiger partial charge in [-0.25, -0.2) is 0 Å². The summed E-state index contributed by atoms with van der Waals surface area (Å²) in [5.41, 5.74) is 5.08. The quantitative estimate of drug-likeness (QED) is 0.203. The molecule has 56 heavy (non-hydrogen) atoms. The van der Waals surface area contributed by atoms with Gasteiger partial charge in [-0.1, -0.05) is 91.0 Å². The lowest BCUT2D eigenvalue weighted by Gasteiger charge is -2.39. The smallest absolute Gasteiger partial charge is 0.246 e. The molecule has 0 aromatic heterocycles. The summed E-state index contributed by atoms with van der Waals surface area (Å²) in [6, 6.07) is 23.9. The summed E-state index contributed by atoms with van der Waals surface area (Å²) in [7, 11) is 1.57. The summed E-state index contributed by atoms with van der Waals surface area (Å²) in [4.78, 5) is 75.2. The van der Waals surface area contributed by atoms with Gasteiger partial charge in [-0.15, -0.1) is 11.6 Å². The van der Waals surface area contributed by atoms with Gasteiger partial charge in [0.25, 0.3) is 0 Å². The summed E-state index contributed by atoms with van der Waals surface area (Å²) >= 11 is 5.96. The van der Waals surface area contributed by atoms with E-state index in [1.165, 1.54) is 4.90 Å². The summed E-state index contributed by atoms with van der Waals surface area (Å²) < 4.78 is 0. The van der Waals surface area contributed by atoms with Gasteiger partial charge in [-0.3, -0.25) is 24.0 Å². The van der Waals surface area contributed by atoms with Gasteiger partial charge in [0.15, 0.2) is 0 Å². The lowest BCUT2D eigenvalue weighted by molar-refractivity contribution is -0.150. The molecule has 5 amide bonds. The Kier molecular flexibility index (Phi) is 14.4. The number of rotatable bonds is 15. The molecule has 0 unspecified atom stereocenters. The van der Waals surface area contributed by atoms with Gasteiger partial charge in [-0.2, -0.15) is 0 Å². The maximum Gasteiger partial charge on any atom is 0.246 e. The highest BCUT2D eigenvalue weighted by Crippen LogP contribution is 2.31. The molecule has 2 aliphatic heterocycles. The summed E-state index contributed by atoms with van der Waals surface area (Å²) in [5.74, 6) is -1.97. The first-order valence-electron chi connectivity index (χ1n) is 20.1. The van der Waals surface area contributed by atoms with Crippen LogP contribution in [0.25, 0.3) is 5.57 Å². The molecule has 1 aliphatic carbocycles. The number of halogens is 1. The fourth-order valence-electron chi connectivity index (χ4n) is 8.22. The summed E-state index contributed by atoms with van der Waals surface area (Å²) in [6.45, 7) is 1.65. The first-order valence-corrected chi connectivity index (χ1v) is 20.6. The molecule has 6 rings (SSSR count). The molecule has 3 aliphatic rings. The number of nitrogens with zero attached hydrogens (tertiary/aromatic N) is 3. The van der Waals surface area contributed by atoms with E-state index in [4.69, 9.17) is 11.6 Å². The Labute approximate surface area is 335 Å². The molecule has 296 valence electrons. The highest BCUT2D eigenvalue weighted by molar-refractivity contribution is 6.27. The predicted octanol–water partition coefficient (Wildman–Crippen LogP) is 5.32. The van der Waals surface area contributed by atoms with Crippen molar-refractivity contribution >= 4 is 46.7 Å². The minimum Gasteiger partial charge on any atom is -0.342 e. The van der Waals surface area contributed by atoms with Crippen molar-refractivity contribution in [2.75, 3.05) is 32.6 Å². The van der Waals surface area contributed by atoms with E-state index in [0.29, 0.717) is 45.3 Å². The van der Waals surface area contributed by atoms with E-state index < -0.39 is 36.0 Å². The SMILES string of the molecule is CN(C(=O)CCl)[C@@H](Cc1ccccc1)C(=O)N1CCCC[C@H]1C(=O)N[C@@H](CC1=CCc2ccccc21)C(=O)N[C@@H](CCc1ccccc1)C(=O)N1CCCCC1. The summed E-state index contributed by atoms with van der Waals surface area (Å²) in [5, 5.41) is 6.16. The number of alkyl halides is 1. The van der Waals surface area contributed by atoms with E-state index in [-0.39, 0.29) is 36.4 Å². The van der Waals surface area contributed by atoms with Crippen molar-refractivity contribution in [3.8, 4) is 0 Å². The number of hydrogen-bond acceptors (Lipinski definition) is 5. The van der Waals surface area contributed by atoms with Crippen molar-refractivity contribution in [3.05, 3.63) is 113 Å². The molecule has 4 atom stereocenters. The zero-order chi connectivity index (χ0) is 39.4. The fraction of sp³-hybridized carbons (Fsp3) is 0.444. The number of fused-ring (bicyclic) bond motifs is 1. The minimum absolute atomic E-state index is 0.103. The monoisotopic (exact) mass is 779 g/mol. The Morgan fingerprint density at radius 2 is 1.41 bits per heavy atom. The first-order chi connectivity index (χ1) is 27.2. The van der Waals surface area contributed by atoms with E-state index >= 15 is 0 Å². The second kappa shape index (κ2) is 19.8. The van der Waals surface area contributed by atoms with Crippen LogP contribution in [0.4, 0.5) is 0 Å². The largest absolute Gasteiger partial charge is 0.342 e. The molecule has 2 saturated heterocycles. The number of amides is 5. The number of benzene rings is 3. The average Bonchev–Trinajstić information content (AvgIpc) is 3.66. The van der Waals surface area contributed by atoms with Crippen molar-refractivity contribution in [2.45, 2.75) is 94.8 Å². The van der Waals surface area contributed by atoms with Crippen LogP contribution in [0.15, 0.2) is 91.0 Å². The van der Waals surface area contributed by atoms with E-state index in [0.717, 1.165) is 59.9 Å². The highest BCUT2D eigenvalue weighted by Gasteiger charge is 2.40. The van der Waals surface area contributed by atoms with Gasteiger partial charge in [0, 0.05) is 39.5 Å². The molecule has 2 N–H and O–H groups in total. The van der Waals surface area contributed by atoms with Crippen LogP contribution >= 0.6 is 11.6 Å². The van der Waals surface area contributed by atoms with Crippen LogP contribution in [0.5, 0.6) is 0 Å². The van der Waals surface area contributed by atoms with Gasteiger partial charge in [0.1, 0.15) is 30.0 Å². The van der Waals surface area contributed by atoms with Crippen LogP contribution in [-0.2, 0) is 43.2 Å². The molecule has 2 fully saturated rings. The normalized spacial score (nSPS) is 18.2. The van der Waals surface area contributed by atoms with Crippen molar-refractivity contribution in [2.24, 2.45) is 0 Å². The van der Waals surface area contributed by atoms with Gasteiger partial charge in [-0.05, 0) is 85.6 Å². The Morgan fingerprint density at radius 1 is 0.750 bits per heavy atom. The number of nitrogens with one attached hydrogen (secondary N) is 2. The second-order valence-corrected chi connectivity index (χ2v) is 15.5. The van der Waals surface area contributed by atoms with Gasteiger partial charge >= 0.3 is 0 Å². The number of piperidine rings is 2. The number of aryl methyl sites for hydroxylation is 1. The molecule has 0 radical (unpaired) electrons. The Morgan fingerprint density at radius 3 is 2.12 bits per heavy atom. The molecule has 11 heteroatoms. The summed E-state index contributed by atoms with van der Waals surface area (Å²) in [6.07, 6.45) is 9.09. The molecule has 2 heterocycles. The van der Waals surface area contributed by atoms with Gasteiger partial charge in [0.05, 0.1) is 0 Å².